The van der Waals surface area contributed by atoms with Crippen molar-refractivity contribution in [1.82, 2.24) is 14.9 Å². The van der Waals surface area contributed by atoms with Gasteiger partial charge in [0.05, 0.1) is 33.1 Å². The summed E-state index contributed by atoms with van der Waals surface area (Å²) in [5, 5.41) is 3.50. The van der Waals surface area contributed by atoms with Crippen LogP contribution >= 0.6 is 0 Å². The summed E-state index contributed by atoms with van der Waals surface area (Å²) < 4.78 is 18.2. The van der Waals surface area contributed by atoms with Crippen LogP contribution in [-0.2, 0) is 13.6 Å². The molecule has 2 heterocycles. The van der Waals surface area contributed by atoms with E-state index < -0.39 is 0 Å². The maximum atomic E-state index is 5.42. The van der Waals surface area contributed by atoms with Crippen LogP contribution in [0.4, 0.5) is 0 Å². The predicted molar refractivity (Wildman–Crippen MR) is 90.1 cm³/mol. The summed E-state index contributed by atoms with van der Waals surface area (Å²) in [4.78, 5) is 4.49. The van der Waals surface area contributed by atoms with Crippen LogP contribution in [0.2, 0.25) is 0 Å². The second kappa shape index (κ2) is 7.23. The third-order valence-corrected chi connectivity index (χ3v) is 3.88. The van der Waals surface area contributed by atoms with Crippen molar-refractivity contribution in [2.45, 2.75) is 12.6 Å². The van der Waals surface area contributed by atoms with Gasteiger partial charge in [-0.25, -0.2) is 4.98 Å². The van der Waals surface area contributed by atoms with Crippen LogP contribution in [0.1, 0.15) is 23.2 Å². The van der Waals surface area contributed by atoms with Crippen LogP contribution in [-0.4, -0.2) is 23.8 Å². The minimum absolute atomic E-state index is 0.126. The van der Waals surface area contributed by atoms with E-state index in [9.17, 15) is 0 Å². The first-order valence-electron chi connectivity index (χ1n) is 7.67. The molecule has 1 atom stereocenters. The van der Waals surface area contributed by atoms with Gasteiger partial charge in [0, 0.05) is 25.5 Å². The van der Waals surface area contributed by atoms with Gasteiger partial charge in [-0.15, -0.1) is 0 Å². The number of ether oxygens (including phenoxy) is 2. The van der Waals surface area contributed by atoms with Crippen LogP contribution in [0.25, 0.3) is 0 Å². The highest BCUT2D eigenvalue weighted by Crippen LogP contribution is 2.29. The number of aryl methyl sites for hydroxylation is 1. The van der Waals surface area contributed by atoms with Gasteiger partial charge in [0.25, 0.3) is 0 Å². The monoisotopic (exact) mass is 327 g/mol. The molecule has 1 N–H and O–H groups in total. The number of aromatic nitrogens is 2. The molecule has 3 aromatic rings. The summed E-state index contributed by atoms with van der Waals surface area (Å²) in [6.07, 6.45) is 5.38. The Bertz CT molecular complexity index is 758. The standard InChI is InChI=1S/C18H21N3O3/c1-21-7-6-19-18(21)17(20-12-14-5-4-8-24-14)13-9-15(22-2)11-16(10-13)23-3/h4-11,17,20H,12H2,1-3H3/t17-/m1/s1. The Morgan fingerprint density at radius 1 is 1.21 bits per heavy atom. The molecule has 0 saturated carbocycles. The van der Waals surface area contributed by atoms with Gasteiger partial charge in [0.2, 0.25) is 0 Å². The average molecular weight is 327 g/mol. The molecule has 2 aromatic heterocycles. The number of methoxy groups -OCH3 is 2. The summed E-state index contributed by atoms with van der Waals surface area (Å²) in [6.45, 7) is 0.587. The highest BCUT2D eigenvalue weighted by Gasteiger charge is 2.20. The Morgan fingerprint density at radius 3 is 2.50 bits per heavy atom. The van der Waals surface area contributed by atoms with E-state index in [0.717, 1.165) is 28.6 Å². The van der Waals surface area contributed by atoms with Gasteiger partial charge in [-0.1, -0.05) is 0 Å². The van der Waals surface area contributed by atoms with E-state index in [-0.39, 0.29) is 6.04 Å². The topological polar surface area (TPSA) is 61.5 Å². The first-order chi connectivity index (χ1) is 11.7. The van der Waals surface area contributed by atoms with E-state index in [1.54, 1.807) is 26.7 Å². The smallest absolute Gasteiger partial charge is 0.130 e. The summed E-state index contributed by atoms with van der Waals surface area (Å²) in [5.74, 6) is 3.24. The zero-order chi connectivity index (χ0) is 16.9. The van der Waals surface area contributed by atoms with Gasteiger partial charge >= 0.3 is 0 Å². The number of nitrogens with zero attached hydrogens (tertiary/aromatic N) is 2. The van der Waals surface area contributed by atoms with Gasteiger partial charge < -0.3 is 18.5 Å². The SMILES string of the molecule is COc1cc(OC)cc([C@@H](NCc2ccco2)c2nccn2C)c1. The highest BCUT2D eigenvalue weighted by atomic mass is 16.5. The van der Waals surface area contributed by atoms with Gasteiger partial charge in [-0.2, -0.15) is 0 Å². The van der Waals surface area contributed by atoms with E-state index >= 15 is 0 Å². The molecular weight excluding hydrogens is 306 g/mol. The average Bonchev–Trinajstić information content (AvgIpc) is 3.27. The number of benzene rings is 1. The number of rotatable bonds is 7. The van der Waals surface area contributed by atoms with E-state index in [4.69, 9.17) is 13.9 Å². The molecule has 3 rings (SSSR count). The molecule has 0 aliphatic rings. The van der Waals surface area contributed by atoms with Gasteiger partial charge in [0.15, 0.2) is 0 Å². The van der Waals surface area contributed by atoms with Crippen LogP contribution in [0, 0.1) is 0 Å². The van der Waals surface area contributed by atoms with Crippen LogP contribution in [0.3, 0.4) is 0 Å². The van der Waals surface area contributed by atoms with Gasteiger partial charge in [0.1, 0.15) is 23.1 Å². The lowest BCUT2D eigenvalue weighted by molar-refractivity contribution is 0.391. The Hall–Kier alpha value is -2.73. The van der Waals surface area contributed by atoms with Crippen molar-refractivity contribution in [3.05, 3.63) is 66.1 Å². The van der Waals surface area contributed by atoms with Crippen molar-refractivity contribution >= 4 is 0 Å². The minimum atomic E-state index is -0.126. The molecule has 0 amide bonds. The molecular formula is C18H21N3O3. The molecule has 0 fully saturated rings. The molecule has 0 bridgehead atoms. The van der Waals surface area contributed by atoms with E-state index in [1.165, 1.54) is 0 Å². The molecule has 6 heteroatoms. The van der Waals surface area contributed by atoms with Crippen molar-refractivity contribution in [2.75, 3.05) is 14.2 Å². The molecule has 0 radical (unpaired) electrons. The summed E-state index contributed by atoms with van der Waals surface area (Å²) >= 11 is 0. The summed E-state index contributed by atoms with van der Waals surface area (Å²) in [5.41, 5.74) is 1.01. The molecule has 126 valence electrons. The Kier molecular flexibility index (Phi) is 4.86. The summed E-state index contributed by atoms with van der Waals surface area (Å²) in [6, 6.07) is 9.51. The van der Waals surface area contributed by atoms with Crippen LogP contribution in [0.15, 0.2) is 53.4 Å². The molecule has 1 aromatic carbocycles. The van der Waals surface area contributed by atoms with Crippen molar-refractivity contribution < 1.29 is 13.9 Å². The fourth-order valence-corrected chi connectivity index (χ4v) is 2.63. The number of hydrogen-bond donors (Lipinski definition) is 1. The minimum Gasteiger partial charge on any atom is -0.497 e. The third-order valence-electron chi connectivity index (χ3n) is 3.88. The third kappa shape index (κ3) is 3.44. The molecule has 0 spiro atoms. The molecule has 24 heavy (non-hydrogen) atoms. The Balaban J connectivity index is 1.96. The quantitative estimate of drug-likeness (QED) is 0.723. The Morgan fingerprint density at radius 2 is 1.96 bits per heavy atom. The lowest BCUT2D eigenvalue weighted by Crippen LogP contribution is -2.24. The van der Waals surface area contributed by atoms with Crippen molar-refractivity contribution in [1.29, 1.82) is 0 Å². The maximum absolute atomic E-state index is 5.42. The first kappa shape index (κ1) is 16.1. The second-order valence-corrected chi connectivity index (χ2v) is 5.44. The summed E-state index contributed by atoms with van der Waals surface area (Å²) in [7, 11) is 5.26. The molecule has 6 nitrogen and oxygen atoms in total. The van der Waals surface area contributed by atoms with Crippen molar-refractivity contribution in [3.8, 4) is 11.5 Å². The molecule has 0 saturated heterocycles. The predicted octanol–water partition coefficient (Wildman–Crippen LogP) is 2.91. The zero-order valence-corrected chi connectivity index (χ0v) is 14.0. The van der Waals surface area contributed by atoms with Crippen molar-refractivity contribution in [2.24, 2.45) is 7.05 Å². The normalized spacial score (nSPS) is 12.1. The van der Waals surface area contributed by atoms with E-state index in [2.05, 4.69) is 10.3 Å². The fourth-order valence-electron chi connectivity index (χ4n) is 2.63. The zero-order valence-electron chi connectivity index (χ0n) is 14.0. The van der Waals surface area contributed by atoms with Gasteiger partial charge in [-0.05, 0) is 29.8 Å². The van der Waals surface area contributed by atoms with Gasteiger partial charge in [-0.3, -0.25) is 5.32 Å². The number of imidazole rings is 1. The van der Waals surface area contributed by atoms with E-state index in [1.807, 2.05) is 48.1 Å². The molecule has 0 unspecified atom stereocenters. The maximum Gasteiger partial charge on any atom is 0.130 e. The highest BCUT2D eigenvalue weighted by molar-refractivity contribution is 5.41. The Labute approximate surface area is 141 Å². The second-order valence-electron chi connectivity index (χ2n) is 5.44. The lowest BCUT2D eigenvalue weighted by Gasteiger charge is -2.20. The lowest BCUT2D eigenvalue weighted by atomic mass is 10.0. The van der Waals surface area contributed by atoms with Crippen LogP contribution in [0.5, 0.6) is 11.5 Å². The number of nitrogens with one attached hydrogen (secondary N) is 1. The van der Waals surface area contributed by atoms with E-state index in [0.29, 0.717) is 6.54 Å². The number of hydrogen-bond acceptors (Lipinski definition) is 5. The first-order valence-corrected chi connectivity index (χ1v) is 7.67. The molecule has 0 aliphatic carbocycles. The van der Waals surface area contributed by atoms with Crippen LogP contribution < -0.4 is 14.8 Å². The van der Waals surface area contributed by atoms with Crippen molar-refractivity contribution in [3.63, 3.8) is 0 Å². The largest absolute Gasteiger partial charge is 0.497 e. The fraction of sp³-hybridized carbons (Fsp3) is 0.278. The number of furan rings is 1. The molecule has 0 aliphatic heterocycles.